The molecule has 0 aliphatic carbocycles. The monoisotopic (exact) mass is 237 g/mol. The molecule has 3 heteroatoms. The van der Waals surface area contributed by atoms with Gasteiger partial charge in [-0.3, -0.25) is 0 Å². The molecule has 3 aliphatic rings. The Hall–Kier alpha value is 0.540. The van der Waals surface area contributed by atoms with E-state index in [9.17, 15) is 0 Å². The largest absolute Gasteiger partial charge is 1.00 e. The van der Waals surface area contributed by atoms with E-state index in [1.807, 2.05) is 0 Å². The molecule has 3 fully saturated rings. The number of quaternary nitrogens is 1. The lowest BCUT2D eigenvalue weighted by atomic mass is 10.00. The second kappa shape index (κ2) is 4.59. The first-order valence-electron chi connectivity index (χ1n) is 5.78. The van der Waals surface area contributed by atoms with Gasteiger partial charge in [0.25, 0.3) is 0 Å². The van der Waals surface area contributed by atoms with E-state index in [-0.39, 0.29) is 24.8 Å². The molecule has 1 nitrogen and oxygen atoms in total. The number of nitrogens with zero attached hydrogens (tertiary/aromatic N) is 1. The van der Waals surface area contributed by atoms with Gasteiger partial charge >= 0.3 is 0 Å². The van der Waals surface area contributed by atoms with Crippen LogP contribution in [0.3, 0.4) is 0 Å². The molecule has 0 radical (unpaired) electrons. The molecule has 84 valence electrons. The van der Waals surface area contributed by atoms with Crippen molar-refractivity contribution < 1.29 is 16.9 Å². The first kappa shape index (κ1) is 12.6. The Morgan fingerprint density at radius 3 is 1.71 bits per heavy atom. The molecule has 1 spiro atoms. The van der Waals surface area contributed by atoms with Gasteiger partial charge in [0.15, 0.2) is 0 Å². The molecule has 0 aromatic heterocycles. The van der Waals surface area contributed by atoms with Crippen LogP contribution in [0.2, 0.25) is 0 Å². The van der Waals surface area contributed by atoms with Crippen molar-refractivity contribution in [2.75, 3.05) is 13.1 Å². The summed E-state index contributed by atoms with van der Waals surface area (Å²) in [6.45, 7) is 3.07. The van der Waals surface area contributed by atoms with Crippen molar-refractivity contribution in [2.24, 2.45) is 0 Å². The average Bonchev–Trinajstić information content (AvgIpc) is 2.59. The van der Waals surface area contributed by atoms with Crippen molar-refractivity contribution in [2.45, 2.75) is 57.0 Å². The van der Waals surface area contributed by atoms with E-state index in [2.05, 4.69) is 0 Å². The zero-order valence-electron chi connectivity index (χ0n) is 8.75. The Bertz CT molecular complexity index is 172. The van der Waals surface area contributed by atoms with Gasteiger partial charge < -0.3 is 16.9 Å². The molecule has 2 bridgehead atoms. The van der Waals surface area contributed by atoms with E-state index < -0.39 is 0 Å². The summed E-state index contributed by atoms with van der Waals surface area (Å²) >= 11 is 0. The van der Waals surface area contributed by atoms with E-state index in [0.717, 1.165) is 12.1 Å². The lowest BCUT2D eigenvalue weighted by Crippen LogP contribution is -3.00. The van der Waals surface area contributed by atoms with Crippen LogP contribution in [0.4, 0.5) is 0 Å². The summed E-state index contributed by atoms with van der Waals surface area (Å²) in [6.07, 6.45) is 10.8. The first-order chi connectivity index (χ1) is 5.92. The van der Waals surface area contributed by atoms with E-state index in [1.54, 1.807) is 30.2 Å². The third-order valence-electron chi connectivity index (χ3n) is 4.76. The van der Waals surface area contributed by atoms with Gasteiger partial charge in [-0.15, -0.1) is 12.4 Å². The second-order valence-electron chi connectivity index (χ2n) is 5.07. The smallest absolute Gasteiger partial charge is 0.0894 e. The van der Waals surface area contributed by atoms with Crippen LogP contribution >= 0.6 is 12.4 Å². The summed E-state index contributed by atoms with van der Waals surface area (Å²) in [4.78, 5) is 0. The van der Waals surface area contributed by atoms with Crippen LogP contribution in [0.15, 0.2) is 0 Å². The molecule has 0 aromatic rings. The minimum absolute atomic E-state index is 0. The second-order valence-corrected chi connectivity index (χ2v) is 5.07. The highest BCUT2D eigenvalue weighted by Gasteiger charge is 2.52. The summed E-state index contributed by atoms with van der Waals surface area (Å²) in [5.41, 5.74) is 0. The Balaban J connectivity index is 0.000000490. The van der Waals surface area contributed by atoms with Gasteiger partial charge in [0.05, 0.1) is 25.2 Å². The van der Waals surface area contributed by atoms with Crippen LogP contribution in [0.25, 0.3) is 0 Å². The van der Waals surface area contributed by atoms with Crippen molar-refractivity contribution in [3.8, 4) is 0 Å². The minimum atomic E-state index is 0. The summed E-state index contributed by atoms with van der Waals surface area (Å²) in [7, 11) is 0. The van der Waals surface area contributed by atoms with Gasteiger partial charge in [0.2, 0.25) is 0 Å². The molecule has 2 atom stereocenters. The van der Waals surface area contributed by atoms with Crippen LogP contribution in [0, 0.1) is 0 Å². The summed E-state index contributed by atoms with van der Waals surface area (Å²) in [5.74, 6) is 0. The van der Waals surface area contributed by atoms with Crippen molar-refractivity contribution in [3.05, 3.63) is 0 Å². The van der Waals surface area contributed by atoms with Gasteiger partial charge in [-0.1, -0.05) is 0 Å². The SMILES string of the molecule is C1CC2CCC(C1)[N+]21CCCC1.Cl.[Cl-]. The topological polar surface area (TPSA) is 0 Å². The predicted octanol–water partition coefficient (Wildman–Crippen LogP) is -0.262. The van der Waals surface area contributed by atoms with Gasteiger partial charge in [-0.25, -0.2) is 0 Å². The maximum absolute atomic E-state index is 1.58. The van der Waals surface area contributed by atoms with Crippen LogP contribution < -0.4 is 12.4 Å². The molecule has 3 heterocycles. The Morgan fingerprint density at radius 1 is 0.714 bits per heavy atom. The Labute approximate surface area is 99.6 Å². The zero-order chi connectivity index (χ0) is 8.02. The third kappa shape index (κ3) is 1.58. The average molecular weight is 238 g/mol. The fraction of sp³-hybridized carbons (Fsp3) is 1.00. The number of hydrogen-bond donors (Lipinski definition) is 0. The molecule has 2 unspecified atom stereocenters. The van der Waals surface area contributed by atoms with E-state index in [1.165, 1.54) is 32.4 Å². The summed E-state index contributed by atoms with van der Waals surface area (Å²) < 4.78 is 1.58. The van der Waals surface area contributed by atoms with E-state index in [0.29, 0.717) is 0 Å². The van der Waals surface area contributed by atoms with Crippen molar-refractivity contribution in [1.29, 1.82) is 0 Å². The number of hydrogen-bond acceptors (Lipinski definition) is 0. The molecule has 0 saturated carbocycles. The first-order valence-corrected chi connectivity index (χ1v) is 5.78. The highest BCUT2D eigenvalue weighted by atomic mass is 35.5. The Kier molecular flexibility index (Phi) is 4.13. The van der Waals surface area contributed by atoms with Crippen LogP contribution in [-0.4, -0.2) is 29.7 Å². The van der Waals surface area contributed by atoms with Gasteiger partial charge in [0, 0.05) is 25.7 Å². The molecule has 3 rings (SSSR count). The lowest BCUT2D eigenvalue weighted by Gasteiger charge is -2.44. The van der Waals surface area contributed by atoms with Gasteiger partial charge in [-0.05, 0) is 19.3 Å². The maximum Gasteiger partial charge on any atom is 0.0894 e. The molecule has 3 saturated heterocycles. The standard InChI is InChI=1S/C11H20N.2ClH/c1-2-9-12(8-1)10-4-3-5-11(12)7-6-10;;/h10-11H,1-9H2;2*1H/q+1;;/p-1. The fourth-order valence-corrected chi connectivity index (χ4v) is 4.24. The lowest BCUT2D eigenvalue weighted by molar-refractivity contribution is -0.955. The summed E-state index contributed by atoms with van der Waals surface area (Å²) in [6, 6.07) is 2.21. The molecular formula is C11H21Cl2N. The van der Waals surface area contributed by atoms with Crippen molar-refractivity contribution in [1.82, 2.24) is 0 Å². The van der Waals surface area contributed by atoms with Gasteiger partial charge in [0.1, 0.15) is 0 Å². The number of piperidine rings is 1. The minimum Gasteiger partial charge on any atom is -1.00 e. The number of halogens is 2. The van der Waals surface area contributed by atoms with E-state index in [4.69, 9.17) is 0 Å². The van der Waals surface area contributed by atoms with Crippen LogP contribution in [-0.2, 0) is 0 Å². The summed E-state index contributed by atoms with van der Waals surface area (Å²) in [5, 5.41) is 0. The maximum atomic E-state index is 1.58. The van der Waals surface area contributed by atoms with Gasteiger partial charge in [-0.2, -0.15) is 0 Å². The zero-order valence-corrected chi connectivity index (χ0v) is 10.3. The quantitative estimate of drug-likeness (QED) is 0.510. The van der Waals surface area contributed by atoms with Crippen LogP contribution in [0.5, 0.6) is 0 Å². The normalized spacial score (nSPS) is 37.7. The molecule has 0 amide bonds. The predicted molar refractivity (Wildman–Crippen MR) is 57.1 cm³/mol. The van der Waals surface area contributed by atoms with Crippen molar-refractivity contribution in [3.63, 3.8) is 0 Å². The van der Waals surface area contributed by atoms with Crippen LogP contribution in [0.1, 0.15) is 44.9 Å². The molecule has 14 heavy (non-hydrogen) atoms. The third-order valence-corrected chi connectivity index (χ3v) is 4.76. The molecule has 0 aromatic carbocycles. The highest BCUT2D eigenvalue weighted by Crippen LogP contribution is 2.45. The fourth-order valence-electron chi connectivity index (χ4n) is 4.24. The molecular weight excluding hydrogens is 217 g/mol. The molecule has 0 N–H and O–H groups in total. The van der Waals surface area contributed by atoms with Crippen molar-refractivity contribution >= 4 is 12.4 Å². The Morgan fingerprint density at radius 2 is 1.21 bits per heavy atom. The molecule has 3 aliphatic heterocycles. The van der Waals surface area contributed by atoms with E-state index >= 15 is 0 Å². The number of rotatable bonds is 0. The highest BCUT2D eigenvalue weighted by molar-refractivity contribution is 5.85.